The Hall–Kier alpha value is -2.29. The zero-order valence-corrected chi connectivity index (χ0v) is 13.5. The highest BCUT2D eigenvalue weighted by Crippen LogP contribution is 2.29. The molecule has 0 aliphatic carbocycles. The fourth-order valence-electron chi connectivity index (χ4n) is 2.18. The molecule has 0 radical (unpaired) electrons. The first-order valence-electron chi connectivity index (χ1n) is 6.75. The maximum absolute atomic E-state index is 13.1. The summed E-state index contributed by atoms with van der Waals surface area (Å²) in [5.41, 5.74) is 1.04. The highest BCUT2D eigenvalue weighted by atomic mass is 32.2. The number of nitrogens with one attached hydrogen (secondary N) is 1. The molecule has 23 heavy (non-hydrogen) atoms. The van der Waals surface area contributed by atoms with Gasteiger partial charge in [0.05, 0.1) is 0 Å². The molecule has 120 valence electrons. The van der Waals surface area contributed by atoms with Crippen molar-refractivity contribution in [3.63, 3.8) is 0 Å². The van der Waals surface area contributed by atoms with Gasteiger partial charge in [-0.05, 0) is 19.2 Å². The summed E-state index contributed by atoms with van der Waals surface area (Å²) in [5, 5.41) is 8.32. The lowest BCUT2D eigenvalue weighted by atomic mass is 10.2. The number of hydrogen-bond acceptors (Lipinski definition) is 6. The molecular weight excluding hydrogens is 322 g/mol. The summed E-state index contributed by atoms with van der Waals surface area (Å²) in [5.74, 6) is 0.800. The van der Waals surface area contributed by atoms with Crippen molar-refractivity contribution in [1.82, 2.24) is 24.7 Å². The van der Waals surface area contributed by atoms with Crippen molar-refractivity contribution in [3.05, 3.63) is 29.7 Å². The van der Waals surface area contributed by atoms with Crippen molar-refractivity contribution in [2.45, 2.75) is 18.5 Å². The second-order valence-electron chi connectivity index (χ2n) is 4.95. The predicted octanol–water partition coefficient (Wildman–Crippen LogP) is 3.47. The predicted molar refractivity (Wildman–Crippen MR) is 85.3 cm³/mol. The molecule has 0 aliphatic rings. The molecule has 0 amide bonds. The highest BCUT2D eigenvalue weighted by Gasteiger charge is 2.16. The molecule has 0 atom stereocenters. The summed E-state index contributed by atoms with van der Waals surface area (Å²) in [6.07, 6.45) is 2.52. The van der Waals surface area contributed by atoms with Crippen LogP contribution in [0.15, 0.2) is 23.6 Å². The van der Waals surface area contributed by atoms with Crippen molar-refractivity contribution < 1.29 is 8.78 Å². The Balaban J connectivity index is 2.16. The van der Waals surface area contributed by atoms with Crippen molar-refractivity contribution in [1.29, 1.82) is 0 Å². The largest absolute Gasteiger partial charge is 0.321 e. The minimum absolute atomic E-state index is 0.248. The van der Waals surface area contributed by atoms with Crippen LogP contribution in [0.1, 0.15) is 17.7 Å². The number of aryl methyl sites for hydroxylation is 2. The molecule has 0 bridgehead atoms. The number of nitrogens with zero attached hydrogens (tertiary/aromatic N) is 5. The van der Waals surface area contributed by atoms with E-state index in [1.165, 1.54) is 24.0 Å². The minimum atomic E-state index is -2.68. The molecule has 0 aromatic carbocycles. The van der Waals surface area contributed by atoms with E-state index >= 15 is 0 Å². The lowest BCUT2D eigenvalue weighted by molar-refractivity contribution is 0.146. The van der Waals surface area contributed by atoms with Gasteiger partial charge in [0, 0.05) is 30.4 Å². The van der Waals surface area contributed by atoms with Crippen LogP contribution < -0.4 is 5.32 Å². The second kappa shape index (κ2) is 6.07. The lowest BCUT2D eigenvalue weighted by Crippen LogP contribution is -2.03. The first-order valence-corrected chi connectivity index (χ1v) is 7.97. The van der Waals surface area contributed by atoms with Crippen molar-refractivity contribution >= 4 is 34.3 Å². The molecule has 0 saturated heterocycles. The van der Waals surface area contributed by atoms with Crippen LogP contribution in [0.3, 0.4) is 0 Å². The Bertz CT molecular complexity index is 864. The Labute approximate surface area is 135 Å². The first-order chi connectivity index (χ1) is 11.0. The molecule has 3 aromatic heterocycles. The number of fused-ring (bicyclic) bond motifs is 1. The third-order valence-electron chi connectivity index (χ3n) is 3.22. The van der Waals surface area contributed by atoms with Gasteiger partial charge in [-0.2, -0.15) is 5.10 Å². The number of anilines is 2. The van der Waals surface area contributed by atoms with Crippen molar-refractivity contribution in [3.8, 4) is 0 Å². The van der Waals surface area contributed by atoms with Crippen LogP contribution in [0.25, 0.3) is 10.9 Å². The van der Waals surface area contributed by atoms with Gasteiger partial charge in [-0.1, -0.05) is 11.8 Å². The molecular formula is C14H14F2N6S. The van der Waals surface area contributed by atoms with E-state index in [9.17, 15) is 8.78 Å². The Morgan fingerprint density at radius 2 is 2.04 bits per heavy atom. The Morgan fingerprint density at radius 3 is 2.65 bits per heavy atom. The molecule has 3 heterocycles. The van der Waals surface area contributed by atoms with Gasteiger partial charge in [-0.3, -0.25) is 4.68 Å². The van der Waals surface area contributed by atoms with Crippen molar-refractivity contribution in [2.75, 3.05) is 11.6 Å². The van der Waals surface area contributed by atoms with E-state index in [-0.39, 0.29) is 11.5 Å². The van der Waals surface area contributed by atoms with Gasteiger partial charge in [0.2, 0.25) is 0 Å². The minimum Gasteiger partial charge on any atom is -0.321 e. The third kappa shape index (κ3) is 3.09. The van der Waals surface area contributed by atoms with Crippen LogP contribution in [0.4, 0.5) is 20.4 Å². The molecule has 0 fully saturated rings. The fourth-order valence-corrected chi connectivity index (χ4v) is 2.52. The molecule has 0 spiro atoms. The quantitative estimate of drug-likeness (QED) is 0.581. The van der Waals surface area contributed by atoms with Gasteiger partial charge in [-0.15, -0.1) is 0 Å². The number of thioether (sulfide) groups is 1. The SMILES string of the molecule is CSc1ncc2cc(C(F)F)nc(Nc3nn(C)cc3C)c2n1. The Morgan fingerprint density at radius 1 is 1.26 bits per heavy atom. The summed E-state index contributed by atoms with van der Waals surface area (Å²) < 4.78 is 27.8. The number of halogens is 2. The van der Waals surface area contributed by atoms with E-state index in [4.69, 9.17) is 0 Å². The third-order valence-corrected chi connectivity index (χ3v) is 3.78. The number of alkyl halides is 2. The van der Waals surface area contributed by atoms with Gasteiger partial charge in [0.1, 0.15) is 11.2 Å². The van der Waals surface area contributed by atoms with Crippen LogP contribution in [-0.2, 0) is 7.05 Å². The molecule has 0 unspecified atom stereocenters. The van der Waals surface area contributed by atoms with Gasteiger partial charge < -0.3 is 5.32 Å². The fraction of sp³-hybridized carbons (Fsp3) is 0.286. The van der Waals surface area contributed by atoms with Gasteiger partial charge >= 0.3 is 0 Å². The van der Waals surface area contributed by atoms with E-state index in [1.54, 1.807) is 11.7 Å². The standard InChI is InChI=1S/C14H14F2N6S/c1-7-6-22(2)21-12(7)20-13-10-8(4-9(18-13)11(15)16)5-17-14(19-10)23-3/h4-6,11H,1-3H3,(H,18,20,21). The van der Waals surface area contributed by atoms with Gasteiger partial charge in [0.15, 0.2) is 16.8 Å². The zero-order chi connectivity index (χ0) is 16.6. The number of rotatable bonds is 4. The average Bonchev–Trinajstić information content (AvgIpc) is 2.84. The van der Waals surface area contributed by atoms with E-state index in [0.717, 1.165) is 5.56 Å². The average molecular weight is 336 g/mol. The van der Waals surface area contributed by atoms with Crippen LogP contribution in [0.5, 0.6) is 0 Å². The maximum Gasteiger partial charge on any atom is 0.280 e. The molecule has 0 aliphatic heterocycles. The van der Waals surface area contributed by atoms with Crippen LogP contribution in [-0.4, -0.2) is 31.0 Å². The molecule has 3 rings (SSSR count). The monoisotopic (exact) mass is 336 g/mol. The normalized spacial score (nSPS) is 11.4. The first kappa shape index (κ1) is 15.6. The highest BCUT2D eigenvalue weighted by molar-refractivity contribution is 7.98. The summed E-state index contributed by atoms with van der Waals surface area (Å²) >= 11 is 1.37. The molecule has 0 saturated carbocycles. The van der Waals surface area contributed by atoms with Crippen LogP contribution in [0.2, 0.25) is 0 Å². The summed E-state index contributed by atoms with van der Waals surface area (Å²) in [6.45, 7) is 1.87. The van der Waals surface area contributed by atoms with Crippen LogP contribution >= 0.6 is 11.8 Å². The van der Waals surface area contributed by atoms with E-state index in [2.05, 4.69) is 25.4 Å². The topological polar surface area (TPSA) is 68.5 Å². The molecule has 3 aromatic rings. The summed E-state index contributed by atoms with van der Waals surface area (Å²) in [6, 6.07) is 1.31. The van der Waals surface area contributed by atoms with Gasteiger partial charge in [0.25, 0.3) is 6.43 Å². The van der Waals surface area contributed by atoms with Crippen LogP contribution in [0, 0.1) is 6.92 Å². The zero-order valence-electron chi connectivity index (χ0n) is 12.7. The number of pyridine rings is 1. The smallest absolute Gasteiger partial charge is 0.280 e. The summed E-state index contributed by atoms with van der Waals surface area (Å²) in [4.78, 5) is 12.5. The van der Waals surface area contributed by atoms with Gasteiger partial charge in [-0.25, -0.2) is 23.7 Å². The van der Waals surface area contributed by atoms with E-state index in [0.29, 0.717) is 21.9 Å². The summed E-state index contributed by atoms with van der Waals surface area (Å²) in [7, 11) is 1.79. The van der Waals surface area contributed by atoms with Crippen molar-refractivity contribution in [2.24, 2.45) is 7.05 Å². The Kier molecular flexibility index (Phi) is 4.12. The lowest BCUT2D eigenvalue weighted by Gasteiger charge is -2.10. The molecule has 6 nitrogen and oxygen atoms in total. The van der Waals surface area contributed by atoms with E-state index < -0.39 is 6.43 Å². The molecule has 9 heteroatoms. The van der Waals surface area contributed by atoms with E-state index in [1.807, 2.05) is 19.4 Å². The number of hydrogen-bond donors (Lipinski definition) is 1. The second-order valence-corrected chi connectivity index (χ2v) is 5.72. The number of aromatic nitrogens is 5. The molecule has 1 N–H and O–H groups in total. The maximum atomic E-state index is 13.1.